The zero-order chi connectivity index (χ0) is 20.1. The minimum Gasteiger partial charge on any atom is -0.339 e. The number of anilines is 1. The number of hydrogen-bond acceptors (Lipinski definition) is 4. The van der Waals surface area contributed by atoms with Crippen LogP contribution in [0.3, 0.4) is 0 Å². The number of H-pyrrole nitrogens is 1. The number of rotatable bonds is 2. The van der Waals surface area contributed by atoms with Crippen LogP contribution >= 0.6 is 0 Å². The summed E-state index contributed by atoms with van der Waals surface area (Å²) in [5, 5.41) is 9.24. The molecule has 2 aliphatic rings. The molecule has 2 N–H and O–H groups in total. The van der Waals surface area contributed by atoms with E-state index in [4.69, 9.17) is 0 Å². The number of nitrogens with zero attached hydrogens (tertiary/aromatic N) is 4. The Morgan fingerprint density at radius 3 is 2.89 bits per heavy atom. The predicted molar refractivity (Wildman–Crippen MR) is 91.7 cm³/mol. The second-order valence-electron chi connectivity index (χ2n) is 7.14. The Balaban J connectivity index is 1.52. The van der Waals surface area contributed by atoms with Gasteiger partial charge in [-0.05, 0) is 25.7 Å². The minimum atomic E-state index is -4.32. The van der Waals surface area contributed by atoms with Gasteiger partial charge in [0.05, 0.1) is 5.92 Å². The number of nitrogens with one attached hydrogen (secondary N) is 2. The second kappa shape index (κ2) is 6.64. The third-order valence-electron chi connectivity index (χ3n) is 5.41. The maximum atomic E-state index is 13.1. The van der Waals surface area contributed by atoms with Gasteiger partial charge in [0.2, 0.25) is 5.95 Å². The quantitative estimate of drug-likeness (QED) is 0.803. The molecule has 0 saturated heterocycles. The molecule has 0 aromatic carbocycles. The Labute approximate surface area is 158 Å². The summed E-state index contributed by atoms with van der Waals surface area (Å²) in [4.78, 5) is 30.9. The normalized spacial score (nSPS) is 22.4. The van der Waals surface area contributed by atoms with Crippen LogP contribution in [0.5, 0.6) is 0 Å². The largest absolute Gasteiger partial charge is 0.392 e. The van der Waals surface area contributed by atoms with E-state index < -0.39 is 24.0 Å². The molecule has 11 heteroatoms. The molecule has 4 rings (SSSR count). The summed E-state index contributed by atoms with van der Waals surface area (Å²) in [5.41, 5.74) is 0.768. The Kier molecular flexibility index (Phi) is 4.39. The first-order valence-electron chi connectivity index (χ1n) is 8.98. The summed E-state index contributed by atoms with van der Waals surface area (Å²) in [5.74, 6) is -2.00. The van der Waals surface area contributed by atoms with Crippen LogP contribution in [0.25, 0.3) is 0 Å². The number of carbonyl (C=O) groups excluding carboxylic acids is 2. The molecule has 2 amide bonds. The fraction of sp³-hybridized carbons (Fsp3) is 0.529. The van der Waals surface area contributed by atoms with E-state index in [2.05, 4.69) is 20.5 Å². The van der Waals surface area contributed by atoms with Crippen molar-refractivity contribution in [2.24, 2.45) is 5.92 Å². The van der Waals surface area contributed by atoms with Crippen LogP contribution < -0.4 is 10.2 Å². The number of hydrogen-bond donors (Lipinski definition) is 2. The Morgan fingerprint density at radius 2 is 2.14 bits per heavy atom. The van der Waals surface area contributed by atoms with Gasteiger partial charge in [0.1, 0.15) is 6.04 Å². The number of alkyl halides is 3. The highest BCUT2D eigenvalue weighted by molar-refractivity contribution is 6.01. The number of halogens is 3. The van der Waals surface area contributed by atoms with Crippen molar-refractivity contribution in [3.63, 3.8) is 0 Å². The van der Waals surface area contributed by atoms with E-state index in [1.54, 1.807) is 24.0 Å². The van der Waals surface area contributed by atoms with E-state index in [-0.39, 0.29) is 36.4 Å². The maximum Gasteiger partial charge on any atom is 0.392 e. The molecule has 0 radical (unpaired) electrons. The van der Waals surface area contributed by atoms with Crippen molar-refractivity contribution in [1.29, 1.82) is 0 Å². The van der Waals surface area contributed by atoms with Crippen molar-refractivity contribution in [3.05, 3.63) is 29.3 Å². The molecule has 28 heavy (non-hydrogen) atoms. The molecule has 150 valence electrons. The monoisotopic (exact) mass is 396 g/mol. The molecule has 1 aliphatic heterocycles. The smallest absolute Gasteiger partial charge is 0.339 e. The van der Waals surface area contributed by atoms with Crippen molar-refractivity contribution < 1.29 is 22.8 Å². The van der Waals surface area contributed by atoms with Crippen LogP contribution in [0.15, 0.2) is 12.4 Å². The molecule has 3 heterocycles. The minimum absolute atomic E-state index is 0.0306. The number of aryl methyl sites for hydroxylation is 2. The van der Waals surface area contributed by atoms with Gasteiger partial charge < -0.3 is 9.88 Å². The van der Waals surface area contributed by atoms with Gasteiger partial charge in [0.15, 0.2) is 5.69 Å². The van der Waals surface area contributed by atoms with Gasteiger partial charge in [0.25, 0.3) is 11.8 Å². The molecule has 0 fully saturated rings. The fourth-order valence-electron chi connectivity index (χ4n) is 3.82. The van der Waals surface area contributed by atoms with E-state index in [9.17, 15) is 22.8 Å². The van der Waals surface area contributed by atoms with Crippen LogP contribution in [0.2, 0.25) is 0 Å². The summed E-state index contributed by atoms with van der Waals surface area (Å²) >= 11 is 0. The Morgan fingerprint density at radius 1 is 1.36 bits per heavy atom. The Bertz CT molecular complexity index is 918. The molecule has 2 aromatic heterocycles. The molecule has 2 unspecified atom stereocenters. The summed E-state index contributed by atoms with van der Waals surface area (Å²) in [6.07, 6.45) is -0.774. The average molecular weight is 396 g/mol. The van der Waals surface area contributed by atoms with E-state index in [0.29, 0.717) is 24.6 Å². The van der Waals surface area contributed by atoms with E-state index >= 15 is 0 Å². The van der Waals surface area contributed by atoms with Crippen LogP contribution in [-0.2, 0) is 24.2 Å². The lowest BCUT2D eigenvalue weighted by Gasteiger charge is -2.24. The molecule has 0 spiro atoms. The van der Waals surface area contributed by atoms with Gasteiger partial charge in [-0.25, -0.2) is 4.98 Å². The number of aromatic amines is 1. The highest BCUT2D eigenvalue weighted by Crippen LogP contribution is 2.37. The van der Waals surface area contributed by atoms with Crippen LogP contribution in [0.4, 0.5) is 19.1 Å². The molecular formula is C17H19F3N6O2. The van der Waals surface area contributed by atoms with E-state index in [1.165, 1.54) is 4.90 Å². The summed E-state index contributed by atoms with van der Waals surface area (Å²) in [6, 6.07) is -0.812. The van der Waals surface area contributed by atoms with Gasteiger partial charge in [0, 0.05) is 37.2 Å². The van der Waals surface area contributed by atoms with Crippen molar-refractivity contribution in [3.8, 4) is 0 Å². The highest BCUT2D eigenvalue weighted by Gasteiger charge is 2.43. The topological polar surface area (TPSA) is 95.9 Å². The number of likely N-dealkylation sites (N-methyl/N-ethyl adjacent to an activating group) is 1. The zero-order valence-corrected chi connectivity index (χ0v) is 15.1. The second-order valence-corrected chi connectivity index (χ2v) is 7.14. The molecule has 0 bridgehead atoms. The van der Waals surface area contributed by atoms with Crippen LogP contribution in [-0.4, -0.2) is 50.8 Å². The number of fused-ring (bicyclic) bond motifs is 2. The lowest BCUT2D eigenvalue weighted by Crippen LogP contribution is -2.47. The SMILES string of the molecule is CN1C(=O)C(NC(=O)c2n[nH]c3c2CC(C(F)(F)F)CC3)CCn2ccnc21. The van der Waals surface area contributed by atoms with Gasteiger partial charge in [-0.1, -0.05) is 0 Å². The first kappa shape index (κ1) is 18.5. The van der Waals surface area contributed by atoms with Crippen LogP contribution in [0.1, 0.15) is 34.6 Å². The summed E-state index contributed by atoms with van der Waals surface area (Å²) in [7, 11) is 1.57. The van der Waals surface area contributed by atoms with Crippen molar-refractivity contribution >= 4 is 17.8 Å². The fourth-order valence-corrected chi connectivity index (χ4v) is 3.82. The lowest BCUT2D eigenvalue weighted by molar-refractivity contribution is -0.177. The lowest BCUT2D eigenvalue weighted by atomic mass is 9.86. The van der Waals surface area contributed by atoms with Crippen molar-refractivity contribution in [2.75, 3.05) is 11.9 Å². The highest BCUT2D eigenvalue weighted by atomic mass is 19.4. The maximum absolute atomic E-state index is 13.1. The molecule has 8 nitrogen and oxygen atoms in total. The van der Waals surface area contributed by atoms with Gasteiger partial charge in [-0.15, -0.1) is 0 Å². The summed E-state index contributed by atoms with van der Waals surface area (Å²) < 4.78 is 41.1. The standard InChI is InChI=1S/C17H19F3N6O2/c1-25-15(28)12(4-6-26-7-5-21-16(25)26)22-14(27)13-10-8-9(17(18,19)20)2-3-11(10)23-24-13/h5,7,9,12H,2-4,6,8H2,1H3,(H,22,27)(H,23,24). The summed E-state index contributed by atoms with van der Waals surface area (Å²) in [6.45, 7) is 0.477. The number of imidazole rings is 1. The first-order chi connectivity index (χ1) is 13.3. The molecule has 2 atom stereocenters. The van der Waals surface area contributed by atoms with Gasteiger partial charge in [-0.2, -0.15) is 18.3 Å². The molecule has 2 aromatic rings. The van der Waals surface area contributed by atoms with Crippen molar-refractivity contribution in [2.45, 2.75) is 44.4 Å². The predicted octanol–water partition coefficient (Wildman–Crippen LogP) is 1.44. The number of carbonyl (C=O) groups is 2. The Hall–Kier alpha value is -2.85. The molecular weight excluding hydrogens is 377 g/mol. The molecule has 0 saturated carbocycles. The third kappa shape index (κ3) is 3.14. The van der Waals surface area contributed by atoms with Crippen LogP contribution in [0, 0.1) is 5.92 Å². The van der Waals surface area contributed by atoms with Crippen molar-refractivity contribution in [1.82, 2.24) is 25.1 Å². The first-order valence-corrected chi connectivity index (χ1v) is 8.98. The van der Waals surface area contributed by atoms with E-state index in [1.807, 2.05) is 0 Å². The zero-order valence-electron chi connectivity index (χ0n) is 15.1. The number of aromatic nitrogens is 4. The van der Waals surface area contributed by atoms with Gasteiger partial charge in [-0.3, -0.25) is 19.6 Å². The number of amides is 2. The average Bonchev–Trinajstić information content (AvgIpc) is 3.26. The third-order valence-corrected chi connectivity index (χ3v) is 5.41. The van der Waals surface area contributed by atoms with Gasteiger partial charge >= 0.3 is 6.18 Å². The van der Waals surface area contributed by atoms with E-state index in [0.717, 1.165) is 0 Å². The molecule has 1 aliphatic carbocycles.